The third-order valence-electron chi connectivity index (χ3n) is 7.29. The van der Waals surface area contributed by atoms with Crippen LogP contribution >= 0.6 is 0 Å². The first-order valence-corrected chi connectivity index (χ1v) is 10.7. The quantitative estimate of drug-likeness (QED) is 0.399. The number of rotatable bonds is 2. The lowest BCUT2D eigenvalue weighted by molar-refractivity contribution is -0.148. The number of ketones is 2. The average molecular weight is 465 g/mol. The first-order chi connectivity index (χ1) is 16.0. The molecule has 3 aliphatic carbocycles. The van der Waals surface area contributed by atoms with Crippen LogP contribution in [-0.4, -0.2) is 73.5 Å². The summed E-state index contributed by atoms with van der Waals surface area (Å²) in [5, 5.41) is 44.8. The van der Waals surface area contributed by atoms with Gasteiger partial charge in [0.25, 0.3) is 5.91 Å². The highest BCUT2D eigenvalue weighted by molar-refractivity contribution is 6.25. The van der Waals surface area contributed by atoms with Gasteiger partial charge in [0, 0.05) is 23.1 Å². The van der Waals surface area contributed by atoms with Gasteiger partial charge in [0.05, 0.1) is 17.1 Å². The van der Waals surface area contributed by atoms with Gasteiger partial charge in [-0.15, -0.1) is 0 Å². The number of amides is 1. The maximum absolute atomic E-state index is 13.6. The van der Waals surface area contributed by atoms with E-state index < -0.39 is 58.0 Å². The molecule has 10 nitrogen and oxygen atoms in total. The normalized spacial score (nSPS) is 28.8. The number of aliphatic hydroxyl groups is 3. The van der Waals surface area contributed by atoms with E-state index in [1.807, 2.05) is 0 Å². The van der Waals surface area contributed by atoms with Crippen molar-refractivity contribution in [3.63, 3.8) is 0 Å². The molecule has 34 heavy (non-hydrogen) atoms. The number of primary amides is 1. The molecule has 0 radical (unpaired) electrons. The maximum Gasteiger partial charge on any atom is 0.255 e. The van der Waals surface area contributed by atoms with Crippen LogP contribution in [-0.2, 0) is 16.0 Å². The molecule has 0 spiro atoms. The van der Waals surface area contributed by atoms with Crippen LogP contribution in [0.4, 0.5) is 0 Å². The number of carbonyl (C=O) groups is 3. The summed E-state index contributed by atoms with van der Waals surface area (Å²) < 4.78 is 0. The Morgan fingerprint density at radius 3 is 2.59 bits per heavy atom. The molecule has 5 rings (SSSR count). The molecule has 1 aromatic heterocycles. The van der Waals surface area contributed by atoms with Crippen LogP contribution < -0.4 is 5.73 Å². The molecule has 1 heterocycles. The van der Waals surface area contributed by atoms with Crippen molar-refractivity contribution in [2.75, 3.05) is 14.1 Å². The van der Waals surface area contributed by atoms with Crippen LogP contribution in [0.2, 0.25) is 0 Å². The Kier molecular flexibility index (Phi) is 4.62. The topological polar surface area (TPSA) is 174 Å². The summed E-state index contributed by atoms with van der Waals surface area (Å²) in [6.45, 7) is 0. The molecule has 0 fully saturated rings. The van der Waals surface area contributed by atoms with Crippen LogP contribution in [0.1, 0.15) is 22.3 Å². The highest BCUT2D eigenvalue weighted by atomic mass is 16.3. The molecule has 0 aliphatic heterocycles. The number of phenolic OH excluding ortho intramolecular Hbond substituents is 1. The van der Waals surface area contributed by atoms with E-state index in [1.54, 1.807) is 32.4 Å². The Bertz CT molecular complexity index is 1380. The number of phenols is 1. The van der Waals surface area contributed by atoms with Crippen LogP contribution in [0.15, 0.2) is 47.1 Å². The van der Waals surface area contributed by atoms with Gasteiger partial charge in [-0.1, -0.05) is 6.07 Å². The number of allylic oxidation sites excluding steroid dienone is 1. The monoisotopic (exact) mass is 465 g/mol. The third-order valence-corrected chi connectivity index (χ3v) is 7.29. The molecule has 0 bridgehead atoms. The number of nitrogens with two attached hydrogens (primary N) is 1. The molecule has 0 unspecified atom stereocenters. The fourth-order valence-electron chi connectivity index (χ4n) is 5.88. The first kappa shape index (κ1) is 22.1. The maximum atomic E-state index is 13.6. The van der Waals surface area contributed by atoms with Gasteiger partial charge >= 0.3 is 0 Å². The molecule has 3 aliphatic rings. The van der Waals surface area contributed by atoms with Crippen molar-refractivity contribution in [1.82, 2.24) is 9.88 Å². The lowest BCUT2D eigenvalue weighted by atomic mass is 9.58. The minimum atomic E-state index is -2.64. The van der Waals surface area contributed by atoms with E-state index >= 15 is 0 Å². The van der Waals surface area contributed by atoms with E-state index in [9.17, 15) is 34.8 Å². The zero-order chi connectivity index (χ0) is 24.7. The number of carbonyl (C=O) groups excluding carboxylic acids is 3. The van der Waals surface area contributed by atoms with Crippen molar-refractivity contribution in [2.24, 2.45) is 17.6 Å². The van der Waals surface area contributed by atoms with E-state index in [-0.39, 0.29) is 29.7 Å². The molecular weight excluding hydrogens is 442 g/mol. The fraction of sp³-hybridized carbons (Fsp3) is 0.333. The summed E-state index contributed by atoms with van der Waals surface area (Å²) in [7, 11) is 3.17. The molecule has 4 atom stereocenters. The molecule has 0 saturated heterocycles. The van der Waals surface area contributed by atoms with Gasteiger partial charge < -0.3 is 26.2 Å². The van der Waals surface area contributed by atoms with Gasteiger partial charge in [0.2, 0.25) is 5.78 Å². The van der Waals surface area contributed by atoms with Crippen LogP contribution in [0.5, 0.6) is 5.75 Å². The van der Waals surface area contributed by atoms with Gasteiger partial charge in [0.1, 0.15) is 22.8 Å². The SMILES string of the molecule is CN(C)[C@@H]1C(O)=C(C(N)=O)C(=O)[C@@]2(O)C(O)=C3C(=O)c4c(O)cc5cccnc5c4C[C@H]3C[C@@H]12. The van der Waals surface area contributed by atoms with Crippen molar-refractivity contribution in [3.8, 4) is 5.75 Å². The molecule has 2 aromatic rings. The second kappa shape index (κ2) is 7.12. The zero-order valence-electron chi connectivity index (χ0n) is 18.4. The highest BCUT2D eigenvalue weighted by Gasteiger charge is 2.63. The summed E-state index contributed by atoms with van der Waals surface area (Å²) in [5.74, 6) is -6.70. The summed E-state index contributed by atoms with van der Waals surface area (Å²) in [6, 6.07) is 3.84. The highest BCUT2D eigenvalue weighted by Crippen LogP contribution is 2.52. The average Bonchev–Trinajstić information content (AvgIpc) is 2.75. The summed E-state index contributed by atoms with van der Waals surface area (Å²) >= 11 is 0. The Morgan fingerprint density at radius 2 is 1.94 bits per heavy atom. The van der Waals surface area contributed by atoms with E-state index in [0.29, 0.717) is 16.5 Å². The van der Waals surface area contributed by atoms with E-state index in [0.717, 1.165) is 0 Å². The Morgan fingerprint density at radius 1 is 1.24 bits per heavy atom. The lowest BCUT2D eigenvalue weighted by Crippen LogP contribution is -2.63. The summed E-state index contributed by atoms with van der Waals surface area (Å²) in [4.78, 5) is 44.7. The number of nitrogens with zero attached hydrogens (tertiary/aromatic N) is 2. The number of benzene rings is 1. The summed E-state index contributed by atoms with van der Waals surface area (Å²) in [5.41, 5.74) is 2.65. The molecule has 176 valence electrons. The predicted octanol–water partition coefficient (Wildman–Crippen LogP) is 0.669. The lowest BCUT2D eigenvalue weighted by Gasteiger charge is -2.50. The molecule has 1 aromatic carbocycles. The number of aromatic nitrogens is 1. The second-order valence-electron chi connectivity index (χ2n) is 9.29. The van der Waals surface area contributed by atoms with Crippen molar-refractivity contribution in [2.45, 2.75) is 24.5 Å². The van der Waals surface area contributed by atoms with E-state index in [1.165, 1.54) is 11.0 Å². The molecule has 6 N–H and O–H groups in total. The van der Waals surface area contributed by atoms with Crippen LogP contribution in [0.3, 0.4) is 0 Å². The number of fused-ring (bicyclic) bond motifs is 5. The van der Waals surface area contributed by atoms with E-state index in [2.05, 4.69) is 4.98 Å². The van der Waals surface area contributed by atoms with Crippen molar-refractivity contribution in [1.29, 1.82) is 0 Å². The third kappa shape index (κ3) is 2.63. The minimum Gasteiger partial charge on any atom is -0.510 e. The number of pyridine rings is 1. The Hall–Kier alpha value is -3.76. The first-order valence-electron chi connectivity index (χ1n) is 10.7. The number of aromatic hydroxyl groups is 1. The van der Waals surface area contributed by atoms with Gasteiger partial charge in [-0.2, -0.15) is 0 Å². The number of hydrogen-bond donors (Lipinski definition) is 5. The summed E-state index contributed by atoms with van der Waals surface area (Å²) in [6.07, 6.45) is 1.81. The molecule has 0 saturated carbocycles. The van der Waals surface area contributed by atoms with Crippen molar-refractivity contribution in [3.05, 3.63) is 58.2 Å². The zero-order valence-corrected chi connectivity index (χ0v) is 18.4. The van der Waals surface area contributed by atoms with Crippen LogP contribution in [0, 0.1) is 11.8 Å². The number of likely N-dealkylation sites (N-methyl/N-ethyl adjacent to an activating group) is 1. The number of aliphatic hydroxyl groups excluding tert-OH is 2. The molecular formula is C24H23N3O7. The van der Waals surface area contributed by atoms with Crippen LogP contribution in [0.25, 0.3) is 10.9 Å². The van der Waals surface area contributed by atoms with Crippen molar-refractivity contribution >= 4 is 28.4 Å². The van der Waals surface area contributed by atoms with Gasteiger partial charge in [0.15, 0.2) is 11.4 Å². The molecule has 10 heteroatoms. The largest absolute Gasteiger partial charge is 0.510 e. The Balaban J connectivity index is 1.76. The molecule has 1 amide bonds. The minimum absolute atomic E-state index is 0.0374. The van der Waals surface area contributed by atoms with Gasteiger partial charge in [-0.25, -0.2) is 0 Å². The smallest absolute Gasteiger partial charge is 0.255 e. The predicted molar refractivity (Wildman–Crippen MR) is 119 cm³/mol. The standard InChI is InChI=1S/C24H23N3O7/c1-27(2)18-12-7-10-6-11-15(13(28)8-9-4-3-5-26-17(9)11)19(29)14(10)21(31)24(12,34)22(32)16(20(18)30)23(25)33/h3-5,8,10,12,18,28,30-31,34H,6-7H2,1-2H3,(H2,25,33)/t10-,12-,18-,24-/m0/s1. The van der Waals surface area contributed by atoms with Gasteiger partial charge in [-0.3, -0.25) is 24.3 Å². The van der Waals surface area contributed by atoms with Gasteiger partial charge in [-0.05, 0) is 50.6 Å². The Labute approximate surface area is 193 Å². The number of Topliss-reactive ketones (excluding diaryl/α,β-unsaturated/α-hetero) is 2. The second-order valence-corrected chi connectivity index (χ2v) is 9.29. The number of hydrogen-bond acceptors (Lipinski definition) is 9. The van der Waals surface area contributed by atoms with E-state index in [4.69, 9.17) is 5.73 Å². The fourth-order valence-corrected chi connectivity index (χ4v) is 5.88. The van der Waals surface area contributed by atoms with Crippen molar-refractivity contribution < 1.29 is 34.8 Å².